The average molecular weight is 355 g/mol. The van der Waals surface area contributed by atoms with E-state index in [1.807, 2.05) is 0 Å². The van der Waals surface area contributed by atoms with Gasteiger partial charge in [0.25, 0.3) is 0 Å². The Labute approximate surface area is 103 Å². The molecule has 7 heteroatoms. The van der Waals surface area contributed by atoms with E-state index in [2.05, 4.69) is 37.2 Å². The Morgan fingerprint density at radius 2 is 1.73 bits per heavy atom. The molecule has 0 aliphatic heterocycles. The van der Waals surface area contributed by atoms with Crippen LogP contribution < -0.4 is 5.32 Å². The Balaban J connectivity index is 4.36. The van der Waals surface area contributed by atoms with Gasteiger partial charge in [-0.15, -0.1) is 0 Å². The molecule has 1 N–H and O–H groups in total. The van der Waals surface area contributed by atoms with Crippen LogP contribution in [0.2, 0.25) is 0 Å². The highest BCUT2D eigenvalue weighted by Crippen LogP contribution is 2.22. The van der Waals surface area contributed by atoms with E-state index in [0.29, 0.717) is 17.1 Å². The number of carbonyl (C=O) groups excluding carboxylic acids is 1. The number of hydrogen-bond acceptors (Lipinski definition) is 1. The molecule has 0 aliphatic carbocycles. The van der Waals surface area contributed by atoms with Crippen LogP contribution in [-0.4, -0.2) is 28.3 Å². The fraction of sp³-hybridized carbons (Fsp3) is 0.875. The van der Waals surface area contributed by atoms with Crippen LogP contribution in [0.5, 0.6) is 0 Å². The Kier molecular flexibility index (Phi) is 6.17. The second-order valence-electron chi connectivity index (χ2n) is 3.24. The number of halogens is 5. The Bertz CT molecular complexity index is 208. The monoisotopic (exact) mass is 353 g/mol. The molecule has 1 amide bonds. The van der Waals surface area contributed by atoms with Gasteiger partial charge in [0, 0.05) is 10.7 Å². The van der Waals surface area contributed by atoms with Crippen molar-refractivity contribution in [2.24, 2.45) is 0 Å². The van der Waals surface area contributed by atoms with Crippen molar-refractivity contribution < 1.29 is 18.0 Å². The Morgan fingerprint density at radius 3 is 2.00 bits per heavy atom. The van der Waals surface area contributed by atoms with Crippen LogP contribution in [0.1, 0.15) is 19.8 Å². The molecule has 0 aromatic carbocycles. The highest BCUT2D eigenvalue weighted by atomic mass is 79.9. The summed E-state index contributed by atoms with van der Waals surface area (Å²) in [5, 5.41) is 3.20. The van der Waals surface area contributed by atoms with E-state index >= 15 is 0 Å². The lowest BCUT2D eigenvalue weighted by Gasteiger charge is -2.30. The van der Waals surface area contributed by atoms with Crippen LogP contribution in [-0.2, 0) is 4.79 Å². The third kappa shape index (κ3) is 5.75. The van der Waals surface area contributed by atoms with Gasteiger partial charge in [-0.2, -0.15) is 13.2 Å². The third-order valence-corrected chi connectivity index (χ3v) is 4.10. The molecule has 2 nitrogen and oxygen atoms in total. The van der Waals surface area contributed by atoms with Crippen molar-refractivity contribution in [1.82, 2.24) is 5.32 Å². The molecule has 0 unspecified atom stereocenters. The zero-order valence-electron chi connectivity index (χ0n) is 8.13. The van der Waals surface area contributed by atoms with Gasteiger partial charge in [0.1, 0.15) is 6.42 Å². The molecule has 0 aromatic heterocycles. The summed E-state index contributed by atoms with van der Waals surface area (Å²) >= 11 is 6.35. The lowest BCUT2D eigenvalue weighted by atomic mass is 10.0. The van der Waals surface area contributed by atoms with E-state index in [-0.39, 0.29) is 0 Å². The van der Waals surface area contributed by atoms with Crippen LogP contribution in [0.3, 0.4) is 0 Å². The molecule has 0 rings (SSSR count). The molecule has 0 aliphatic rings. The van der Waals surface area contributed by atoms with Gasteiger partial charge in [-0.05, 0) is 6.42 Å². The van der Waals surface area contributed by atoms with Gasteiger partial charge in [-0.25, -0.2) is 0 Å². The van der Waals surface area contributed by atoms with E-state index in [4.69, 9.17) is 0 Å². The minimum atomic E-state index is -4.46. The average Bonchev–Trinajstić information content (AvgIpc) is 2.11. The minimum Gasteiger partial charge on any atom is -0.349 e. The van der Waals surface area contributed by atoms with Crippen molar-refractivity contribution in [2.75, 3.05) is 10.7 Å². The minimum absolute atomic E-state index is 0.408. The topological polar surface area (TPSA) is 29.1 Å². The summed E-state index contributed by atoms with van der Waals surface area (Å²) in [6.07, 6.45) is -5.34. The predicted octanol–water partition coefficient (Wildman–Crippen LogP) is 2.99. The number of nitrogens with one attached hydrogen (secondary N) is 1. The molecule has 0 heterocycles. The number of carbonyl (C=O) groups is 1. The molecule has 0 saturated heterocycles. The predicted molar refractivity (Wildman–Crippen MR) is 59.4 cm³/mol. The lowest BCUT2D eigenvalue weighted by Crippen LogP contribution is -2.51. The maximum absolute atomic E-state index is 11.9. The first-order chi connectivity index (χ1) is 6.78. The third-order valence-electron chi connectivity index (χ3n) is 1.95. The van der Waals surface area contributed by atoms with Crippen molar-refractivity contribution >= 4 is 37.8 Å². The summed E-state index contributed by atoms with van der Waals surface area (Å²) in [5.74, 6) is -0.997. The van der Waals surface area contributed by atoms with Gasteiger partial charge in [-0.1, -0.05) is 38.8 Å². The van der Waals surface area contributed by atoms with Crippen molar-refractivity contribution in [3.05, 3.63) is 0 Å². The number of rotatable bonds is 5. The second-order valence-corrected chi connectivity index (χ2v) is 4.36. The van der Waals surface area contributed by atoms with Gasteiger partial charge in [0.15, 0.2) is 0 Å². The van der Waals surface area contributed by atoms with Crippen LogP contribution in [0, 0.1) is 0 Å². The summed E-state index contributed by atoms with van der Waals surface area (Å²) in [6, 6.07) is 0. The first-order valence-corrected chi connectivity index (χ1v) is 6.52. The number of alkyl halides is 5. The van der Waals surface area contributed by atoms with Crippen LogP contribution in [0.4, 0.5) is 13.2 Å². The summed E-state index contributed by atoms with van der Waals surface area (Å²) in [6.45, 7) is 1.80. The zero-order valence-corrected chi connectivity index (χ0v) is 11.3. The van der Waals surface area contributed by atoms with Gasteiger partial charge in [0.2, 0.25) is 5.91 Å². The SMILES string of the molecule is CCC(CBr)(CBr)NC(=O)CC(F)(F)F. The standard InChI is InChI=1S/C8H12Br2F3NO/c1-2-7(4-9,5-10)14-6(15)3-8(11,12)13/h2-5H2,1H3,(H,14,15). The molecular weight excluding hydrogens is 343 g/mol. The van der Waals surface area contributed by atoms with Crippen molar-refractivity contribution in [3.8, 4) is 0 Å². The molecule has 15 heavy (non-hydrogen) atoms. The largest absolute Gasteiger partial charge is 0.397 e. The van der Waals surface area contributed by atoms with Gasteiger partial charge in [0.05, 0.1) is 5.54 Å². The van der Waals surface area contributed by atoms with Crippen LogP contribution in [0.25, 0.3) is 0 Å². The molecule has 0 aromatic rings. The quantitative estimate of drug-likeness (QED) is 0.755. The van der Waals surface area contributed by atoms with E-state index in [1.54, 1.807) is 6.92 Å². The summed E-state index contributed by atoms with van der Waals surface area (Å²) in [5.41, 5.74) is -0.650. The van der Waals surface area contributed by atoms with E-state index in [9.17, 15) is 18.0 Å². The molecule has 0 radical (unpaired) electrons. The highest BCUT2D eigenvalue weighted by molar-refractivity contribution is 9.09. The molecule has 0 atom stereocenters. The fourth-order valence-electron chi connectivity index (χ4n) is 0.902. The smallest absolute Gasteiger partial charge is 0.349 e. The van der Waals surface area contributed by atoms with Crippen molar-refractivity contribution in [1.29, 1.82) is 0 Å². The number of hydrogen-bond donors (Lipinski definition) is 1. The molecular formula is C8H12Br2F3NO. The number of amides is 1. The zero-order chi connectivity index (χ0) is 12.1. The highest BCUT2D eigenvalue weighted by Gasteiger charge is 2.35. The van der Waals surface area contributed by atoms with Crippen LogP contribution in [0.15, 0.2) is 0 Å². The maximum atomic E-state index is 11.9. The molecule has 0 fully saturated rings. The summed E-state index contributed by atoms with van der Waals surface area (Å²) < 4.78 is 35.7. The Morgan fingerprint density at radius 1 is 1.27 bits per heavy atom. The van der Waals surface area contributed by atoms with Gasteiger partial charge >= 0.3 is 6.18 Å². The summed E-state index contributed by atoms with van der Waals surface area (Å²) in [7, 11) is 0. The molecule has 90 valence electrons. The van der Waals surface area contributed by atoms with Crippen molar-refractivity contribution in [3.63, 3.8) is 0 Å². The normalized spacial score (nSPS) is 12.7. The van der Waals surface area contributed by atoms with Crippen LogP contribution >= 0.6 is 31.9 Å². The van der Waals surface area contributed by atoms with E-state index in [1.165, 1.54) is 0 Å². The van der Waals surface area contributed by atoms with Gasteiger partial charge < -0.3 is 5.32 Å². The molecule has 0 bridgehead atoms. The van der Waals surface area contributed by atoms with E-state index < -0.39 is 24.0 Å². The van der Waals surface area contributed by atoms with E-state index in [0.717, 1.165) is 0 Å². The first kappa shape index (κ1) is 15.2. The first-order valence-electron chi connectivity index (χ1n) is 4.28. The second kappa shape index (κ2) is 6.08. The Hall–Kier alpha value is 0.220. The van der Waals surface area contributed by atoms with Crippen molar-refractivity contribution in [2.45, 2.75) is 31.5 Å². The fourth-order valence-corrected chi connectivity index (χ4v) is 2.90. The molecule has 0 saturated carbocycles. The maximum Gasteiger partial charge on any atom is 0.397 e. The summed E-state index contributed by atoms with van der Waals surface area (Å²) in [4.78, 5) is 11.1. The molecule has 0 spiro atoms. The van der Waals surface area contributed by atoms with Gasteiger partial charge in [-0.3, -0.25) is 4.79 Å². The lowest BCUT2D eigenvalue weighted by molar-refractivity contribution is -0.154.